The highest BCUT2D eigenvalue weighted by molar-refractivity contribution is 5.68. The second-order valence-electron chi connectivity index (χ2n) is 6.31. The van der Waals surface area contributed by atoms with Gasteiger partial charge < -0.3 is 20.1 Å². The van der Waals surface area contributed by atoms with Crippen molar-refractivity contribution < 1.29 is 18.7 Å². The van der Waals surface area contributed by atoms with E-state index in [-0.39, 0.29) is 6.54 Å². The minimum atomic E-state index is -1.28. The van der Waals surface area contributed by atoms with Crippen LogP contribution < -0.4 is 10.5 Å². The van der Waals surface area contributed by atoms with Gasteiger partial charge in [0.25, 0.3) is 0 Å². The maximum atomic E-state index is 14.2. The largest absolute Gasteiger partial charge is 0.486 e. The van der Waals surface area contributed by atoms with Crippen LogP contribution in [-0.2, 0) is 4.74 Å². The minimum absolute atomic E-state index is 0.0397. The summed E-state index contributed by atoms with van der Waals surface area (Å²) in [4.78, 5) is 17.2. The summed E-state index contributed by atoms with van der Waals surface area (Å²) in [5.74, 6) is 0.844. The monoisotopic (exact) mass is 311 g/mol. The van der Waals surface area contributed by atoms with E-state index in [2.05, 4.69) is 4.98 Å². The van der Waals surface area contributed by atoms with Crippen LogP contribution in [0.25, 0.3) is 0 Å². The third-order valence-electron chi connectivity index (χ3n) is 3.18. The third-order valence-corrected chi connectivity index (χ3v) is 3.18. The maximum Gasteiger partial charge on any atom is 0.410 e. The van der Waals surface area contributed by atoms with Crippen molar-refractivity contribution in [1.82, 2.24) is 9.88 Å². The summed E-state index contributed by atoms with van der Waals surface area (Å²) in [5.41, 5.74) is 4.90. The number of anilines is 1. The number of amides is 1. The van der Waals surface area contributed by atoms with Gasteiger partial charge in [0.2, 0.25) is 0 Å². The molecule has 0 saturated carbocycles. The lowest BCUT2D eigenvalue weighted by atomic mass is 10.1. The first-order chi connectivity index (χ1) is 10.2. The number of likely N-dealkylation sites (tertiary alicyclic amines) is 1. The van der Waals surface area contributed by atoms with Gasteiger partial charge in [-0.25, -0.2) is 14.2 Å². The summed E-state index contributed by atoms with van der Waals surface area (Å²) in [6, 6.07) is 3.24. The first-order valence-corrected chi connectivity index (χ1v) is 7.25. The number of nitrogens with zero attached hydrogens (tertiary/aromatic N) is 2. The van der Waals surface area contributed by atoms with Gasteiger partial charge in [0, 0.05) is 13.0 Å². The zero-order valence-electron chi connectivity index (χ0n) is 13.1. The second kappa shape index (κ2) is 6.37. The van der Waals surface area contributed by atoms with Gasteiger partial charge in [-0.15, -0.1) is 0 Å². The molecule has 6 nitrogen and oxygen atoms in total. The first-order valence-electron chi connectivity index (χ1n) is 7.25. The number of rotatable bonds is 2. The number of nitrogens with two attached hydrogens (primary N) is 1. The van der Waals surface area contributed by atoms with Crippen LogP contribution >= 0.6 is 0 Å². The van der Waals surface area contributed by atoms with E-state index in [1.165, 1.54) is 11.1 Å². The van der Waals surface area contributed by atoms with Crippen LogP contribution in [0.15, 0.2) is 18.3 Å². The Hall–Kier alpha value is -2.05. The van der Waals surface area contributed by atoms with Crippen molar-refractivity contribution in [1.29, 1.82) is 0 Å². The van der Waals surface area contributed by atoms with Gasteiger partial charge >= 0.3 is 6.09 Å². The molecule has 2 atom stereocenters. The molecule has 1 aromatic rings. The van der Waals surface area contributed by atoms with E-state index in [0.29, 0.717) is 24.5 Å². The number of carbonyl (C=O) groups is 1. The first kappa shape index (κ1) is 16.3. The summed E-state index contributed by atoms with van der Waals surface area (Å²) in [6.07, 6.45) is -0.529. The molecule has 1 saturated heterocycles. The van der Waals surface area contributed by atoms with Crippen molar-refractivity contribution in [3.8, 4) is 5.75 Å². The van der Waals surface area contributed by atoms with Crippen molar-refractivity contribution in [3.63, 3.8) is 0 Å². The Morgan fingerprint density at radius 2 is 2.18 bits per heavy atom. The molecule has 0 radical (unpaired) electrons. The lowest BCUT2D eigenvalue weighted by Gasteiger charge is -2.35. The fraction of sp³-hybridized carbons (Fsp3) is 0.600. The van der Waals surface area contributed by atoms with Crippen molar-refractivity contribution in [3.05, 3.63) is 18.3 Å². The molecule has 0 spiro atoms. The van der Waals surface area contributed by atoms with Crippen LogP contribution in [0.3, 0.4) is 0 Å². The molecule has 2 heterocycles. The fourth-order valence-electron chi connectivity index (χ4n) is 2.14. The van der Waals surface area contributed by atoms with Crippen molar-refractivity contribution in [2.24, 2.45) is 0 Å². The topological polar surface area (TPSA) is 77.7 Å². The third kappa shape index (κ3) is 4.47. The van der Waals surface area contributed by atoms with Gasteiger partial charge in [-0.3, -0.25) is 0 Å². The molecular weight excluding hydrogens is 289 g/mol. The van der Waals surface area contributed by atoms with Crippen LogP contribution in [0, 0.1) is 0 Å². The normalized spacial score (nSPS) is 22.3. The molecule has 7 heteroatoms. The van der Waals surface area contributed by atoms with Gasteiger partial charge in [-0.05, 0) is 32.9 Å². The molecule has 1 aliphatic heterocycles. The average molecular weight is 311 g/mol. The van der Waals surface area contributed by atoms with Gasteiger partial charge in [-0.1, -0.05) is 0 Å². The summed E-state index contributed by atoms with van der Waals surface area (Å²) in [5, 5.41) is 0. The molecule has 0 aromatic carbocycles. The number of hydrogen-bond donors (Lipinski definition) is 1. The molecule has 2 N–H and O–H groups in total. The quantitative estimate of drug-likeness (QED) is 0.907. The number of hydrogen-bond acceptors (Lipinski definition) is 5. The molecule has 0 bridgehead atoms. The van der Waals surface area contributed by atoms with Gasteiger partial charge in [-0.2, -0.15) is 0 Å². The number of nitrogen functional groups attached to an aromatic ring is 1. The van der Waals surface area contributed by atoms with Crippen LogP contribution in [0.5, 0.6) is 5.75 Å². The lowest BCUT2D eigenvalue weighted by molar-refractivity contribution is -0.0106. The number of alkyl halides is 1. The predicted octanol–water partition coefficient (Wildman–Crippen LogP) is 2.39. The van der Waals surface area contributed by atoms with Crippen molar-refractivity contribution >= 4 is 11.9 Å². The van der Waals surface area contributed by atoms with Crippen molar-refractivity contribution in [2.45, 2.75) is 45.1 Å². The summed E-state index contributed by atoms with van der Waals surface area (Å²) in [6.45, 7) is 5.69. The Bertz CT molecular complexity index is 516. The molecule has 1 aliphatic rings. The Morgan fingerprint density at radius 3 is 2.73 bits per heavy atom. The molecule has 1 aromatic heterocycles. The summed E-state index contributed by atoms with van der Waals surface area (Å²) < 4.78 is 25.1. The molecular formula is C15H22FN3O3. The number of aromatic nitrogens is 1. The van der Waals surface area contributed by atoms with Crippen LogP contribution in [-0.4, -0.2) is 46.9 Å². The molecule has 2 rings (SSSR count). The highest BCUT2D eigenvalue weighted by Crippen LogP contribution is 2.22. The lowest BCUT2D eigenvalue weighted by Crippen LogP contribution is -2.50. The molecule has 1 fully saturated rings. The van der Waals surface area contributed by atoms with Crippen LogP contribution in [0.2, 0.25) is 0 Å². The van der Waals surface area contributed by atoms with E-state index in [1.54, 1.807) is 32.9 Å². The van der Waals surface area contributed by atoms with Gasteiger partial charge in [0.15, 0.2) is 6.17 Å². The fourth-order valence-corrected chi connectivity index (χ4v) is 2.14. The minimum Gasteiger partial charge on any atom is -0.486 e. The Labute approximate surface area is 129 Å². The number of pyridine rings is 1. The van der Waals surface area contributed by atoms with E-state index >= 15 is 0 Å². The Kier molecular flexibility index (Phi) is 4.73. The zero-order chi connectivity index (χ0) is 16.3. The molecule has 22 heavy (non-hydrogen) atoms. The average Bonchev–Trinajstić information content (AvgIpc) is 2.41. The summed E-state index contributed by atoms with van der Waals surface area (Å²) in [7, 11) is 0. The summed E-state index contributed by atoms with van der Waals surface area (Å²) >= 11 is 0. The Balaban J connectivity index is 1.90. The number of carbonyl (C=O) groups excluding carboxylic acids is 1. The van der Waals surface area contributed by atoms with Gasteiger partial charge in [0.1, 0.15) is 23.3 Å². The van der Waals surface area contributed by atoms with E-state index in [4.69, 9.17) is 15.2 Å². The number of ether oxygens (including phenoxy) is 2. The van der Waals surface area contributed by atoms with E-state index in [0.717, 1.165) is 0 Å². The zero-order valence-corrected chi connectivity index (χ0v) is 13.1. The standard InChI is InChI=1S/C15H22FN3O3/c1-15(2,3)22-14(20)19-7-6-12(11(16)9-19)21-10-4-5-13(17)18-8-10/h4-5,8,11-12H,6-7,9H2,1-3H3,(H2,17,18)/t11-,12-/m0/s1. The highest BCUT2D eigenvalue weighted by atomic mass is 19.1. The van der Waals surface area contributed by atoms with Crippen LogP contribution in [0.4, 0.5) is 15.0 Å². The van der Waals surface area contributed by atoms with Crippen LogP contribution in [0.1, 0.15) is 27.2 Å². The molecule has 122 valence electrons. The molecule has 0 unspecified atom stereocenters. The van der Waals surface area contributed by atoms with Gasteiger partial charge in [0.05, 0.1) is 12.7 Å². The maximum absolute atomic E-state index is 14.2. The predicted molar refractivity (Wildman–Crippen MR) is 80.4 cm³/mol. The SMILES string of the molecule is CC(C)(C)OC(=O)N1CC[C@H](Oc2ccc(N)nc2)[C@@H](F)C1. The molecule has 0 aliphatic carbocycles. The van der Waals surface area contributed by atoms with Crippen molar-refractivity contribution in [2.75, 3.05) is 18.8 Å². The molecule has 1 amide bonds. The number of piperidine rings is 1. The number of halogens is 1. The highest BCUT2D eigenvalue weighted by Gasteiger charge is 2.34. The van der Waals surface area contributed by atoms with E-state index in [1.807, 2.05) is 0 Å². The second-order valence-corrected chi connectivity index (χ2v) is 6.31. The smallest absolute Gasteiger partial charge is 0.410 e. The Morgan fingerprint density at radius 1 is 1.45 bits per heavy atom. The van der Waals surface area contributed by atoms with E-state index < -0.39 is 24.0 Å². The van der Waals surface area contributed by atoms with E-state index in [9.17, 15) is 9.18 Å².